The largest absolute Gasteiger partial charge is 0.493 e. The van der Waals surface area contributed by atoms with Gasteiger partial charge in [-0.15, -0.1) is 0 Å². The standard InChI is InChI=1S/C15H11Cl3O3/c1-20-14-6-9(7-19)2-5-13(14)21-8-10-11(16)3-4-12(17)15(10)18/h2-7H,8H2,1H3. The van der Waals surface area contributed by atoms with Crippen LogP contribution in [0.3, 0.4) is 0 Å². The van der Waals surface area contributed by atoms with Crippen molar-refractivity contribution in [1.82, 2.24) is 0 Å². The highest BCUT2D eigenvalue weighted by Gasteiger charge is 2.12. The van der Waals surface area contributed by atoms with Crippen molar-refractivity contribution in [2.75, 3.05) is 7.11 Å². The number of hydrogen-bond donors (Lipinski definition) is 0. The maximum atomic E-state index is 10.7. The Kier molecular flexibility index (Phi) is 5.34. The molecule has 0 spiro atoms. The average Bonchev–Trinajstić information content (AvgIpc) is 2.51. The van der Waals surface area contributed by atoms with Crippen molar-refractivity contribution in [3.05, 3.63) is 56.5 Å². The predicted octanol–water partition coefficient (Wildman–Crippen LogP) is 5.05. The summed E-state index contributed by atoms with van der Waals surface area (Å²) in [5.41, 5.74) is 1.09. The number of aldehydes is 1. The van der Waals surface area contributed by atoms with E-state index in [4.69, 9.17) is 44.3 Å². The van der Waals surface area contributed by atoms with E-state index in [1.807, 2.05) is 0 Å². The highest BCUT2D eigenvalue weighted by molar-refractivity contribution is 6.44. The van der Waals surface area contributed by atoms with Crippen LogP contribution < -0.4 is 9.47 Å². The molecule has 0 saturated carbocycles. The van der Waals surface area contributed by atoms with Crippen molar-refractivity contribution in [3.8, 4) is 11.5 Å². The first kappa shape index (κ1) is 16.0. The van der Waals surface area contributed by atoms with Gasteiger partial charge in [0.25, 0.3) is 0 Å². The molecular formula is C15H11Cl3O3. The molecule has 2 aromatic carbocycles. The fraction of sp³-hybridized carbons (Fsp3) is 0.133. The molecular weight excluding hydrogens is 335 g/mol. The number of methoxy groups -OCH3 is 1. The predicted molar refractivity (Wildman–Crippen MR) is 84.2 cm³/mol. The second kappa shape index (κ2) is 7.03. The molecule has 0 N–H and O–H groups in total. The second-order valence-electron chi connectivity index (χ2n) is 4.14. The van der Waals surface area contributed by atoms with Crippen molar-refractivity contribution in [2.45, 2.75) is 6.61 Å². The van der Waals surface area contributed by atoms with Gasteiger partial charge >= 0.3 is 0 Å². The quantitative estimate of drug-likeness (QED) is 0.562. The zero-order valence-corrected chi connectivity index (χ0v) is 13.3. The number of halogens is 3. The first-order chi connectivity index (χ1) is 10.1. The van der Waals surface area contributed by atoms with Gasteiger partial charge in [0.05, 0.1) is 17.2 Å². The maximum absolute atomic E-state index is 10.7. The van der Waals surface area contributed by atoms with Crippen LogP contribution in [0.25, 0.3) is 0 Å². The Labute approximate surface area is 137 Å². The molecule has 2 rings (SSSR count). The van der Waals surface area contributed by atoms with E-state index in [1.165, 1.54) is 7.11 Å². The van der Waals surface area contributed by atoms with E-state index >= 15 is 0 Å². The van der Waals surface area contributed by atoms with Gasteiger partial charge in [-0.1, -0.05) is 34.8 Å². The SMILES string of the molecule is COc1cc(C=O)ccc1OCc1c(Cl)ccc(Cl)c1Cl. The van der Waals surface area contributed by atoms with Crippen molar-refractivity contribution >= 4 is 41.1 Å². The summed E-state index contributed by atoms with van der Waals surface area (Å²) < 4.78 is 10.8. The Morgan fingerprint density at radius 3 is 2.43 bits per heavy atom. The maximum Gasteiger partial charge on any atom is 0.161 e. The molecule has 21 heavy (non-hydrogen) atoms. The van der Waals surface area contributed by atoms with Crippen LogP contribution in [0.1, 0.15) is 15.9 Å². The first-order valence-corrected chi connectivity index (χ1v) is 7.08. The summed E-state index contributed by atoms with van der Waals surface area (Å²) in [5, 5.41) is 1.23. The lowest BCUT2D eigenvalue weighted by Gasteiger charge is -2.13. The number of carbonyl (C=O) groups is 1. The van der Waals surface area contributed by atoms with Crippen LogP contribution in [-0.4, -0.2) is 13.4 Å². The van der Waals surface area contributed by atoms with E-state index in [-0.39, 0.29) is 6.61 Å². The van der Waals surface area contributed by atoms with Crippen molar-refractivity contribution < 1.29 is 14.3 Å². The first-order valence-electron chi connectivity index (χ1n) is 5.95. The molecule has 2 aromatic rings. The molecule has 0 radical (unpaired) electrons. The molecule has 0 aliphatic heterocycles. The molecule has 6 heteroatoms. The molecule has 0 fully saturated rings. The van der Waals surface area contributed by atoms with Gasteiger partial charge < -0.3 is 9.47 Å². The fourth-order valence-corrected chi connectivity index (χ4v) is 2.38. The Bertz CT molecular complexity index is 671. The number of carbonyl (C=O) groups excluding carboxylic acids is 1. The summed E-state index contributed by atoms with van der Waals surface area (Å²) in [6, 6.07) is 8.14. The van der Waals surface area contributed by atoms with E-state index in [9.17, 15) is 4.79 Å². The third-order valence-electron chi connectivity index (χ3n) is 2.83. The number of hydrogen-bond acceptors (Lipinski definition) is 3. The van der Waals surface area contributed by atoms with Crippen LogP contribution in [0.15, 0.2) is 30.3 Å². The van der Waals surface area contributed by atoms with Gasteiger partial charge in [-0.05, 0) is 30.3 Å². The van der Waals surface area contributed by atoms with Gasteiger partial charge in [-0.25, -0.2) is 0 Å². The van der Waals surface area contributed by atoms with Gasteiger partial charge in [0.15, 0.2) is 11.5 Å². The van der Waals surface area contributed by atoms with Gasteiger partial charge in [0.1, 0.15) is 12.9 Å². The van der Waals surface area contributed by atoms with E-state index in [1.54, 1.807) is 30.3 Å². The third-order valence-corrected chi connectivity index (χ3v) is 4.03. The highest BCUT2D eigenvalue weighted by Crippen LogP contribution is 2.34. The zero-order valence-electron chi connectivity index (χ0n) is 11.0. The van der Waals surface area contributed by atoms with Crippen LogP contribution in [0, 0.1) is 0 Å². The van der Waals surface area contributed by atoms with Crippen LogP contribution in [0.2, 0.25) is 15.1 Å². The van der Waals surface area contributed by atoms with Crippen molar-refractivity contribution in [3.63, 3.8) is 0 Å². The van der Waals surface area contributed by atoms with Crippen LogP contribution >= 0.6 is 34.8 Å². The lowest BCUT2D eigenvalue weighted by Crippen LogP contribution is -2.00. The van der Waals surface area contributed by atoms with Gasteiger partial charge in [-0.3, -0.25) is 4.79 Å². The van der Waals surface area contributed by atoms with E-state index in [2.05, 4.69) is 0 Å². The Balaban J connectivity index is 2.24. The Morgan fingerprint density at radius 1 is 1.05 bits per heavy atom. The molecule has 110 valence electrons. The van der Waals surface area contributed by atoms with Gasteiger partial charge in [-0.2, -0.15) is 0 Å². The lowest BCUT2D eigenvalue weighted by molar-refractivity contribution is 0.112. The van der Waals surface area contributed by atoms with E-state index in [0.29, 0.717) is 37.7 Å². The van der Waals surface area contributed by atoms with Crippen LogP contribution in [0.5, 0.6) is 11.5 Å². The molecule has 0 aromatic heterocycles. The van der Waals surface area contributed by atoms with Crippen molar-refractivity contribution in [2.24, 2.45) is 0 Å². The minimum Gasteiger partial charge on any atom is -0.493 e. The molecule has 0 atom stereocenters. The summed E-state index contributed by atoms with van der Waals surface area (Å²) in [7, 11) is 1.50. The number of rotatable bonds is 5. The summed E-state index contributed by atoms with van der Waals surface area (Å²) in [5.74, 6) is 0.934. The van der Waals surface area contributed by atoms with E-state index in [0.717, 1.165) is 6.29 Å². The van der Waals surface area contributed by atoms with Crippen LogP contribution in [-0.2, 0) is 6.61 Å². The lowest BCUT2D eigenvalue weighted by atomic mass is 10.2. The fourth-order valence-electron chi connectivity index (χ4n) is 1.73. The molecule has 0 bridgehead atoms. The number of benzene rings is 2. The number of ether oxygens (including phenoxy) is 2. The zero-order chi connectivity index (χ0) is 15.4. The Hall–Kier alpha value is -1.42. The van der Waals surface area contributed by atoms with E-state index < -0.39 is 0 Å². The van der Waals surface area contributed by atoms with Crippen LogP contribution in [0.4, 0.5) is 0 Å². The summed E-state index contributed by atoms with van der Waals surface area (Å²) in [6.45, 7) is 0.134. The third kappa shape index (κ3) is 3.62. The average molecular weight is 346 g/mol. The molecule has 0 aliphatic carbocycles. The molecule has 0 amide bonds. The molecule has 3 nitrogen and oxygen atoms in total. The summed E-state index contributed by atoms with van der Waals surface area (Å²) >= 11 is 18.2. The molecule has 0 unspecified atom stereocenters. The highest BCUT2D eigenvalue weighted by atomic mass is 35.5. The van der Waals surface area contributed by atoms with Gasteiger partial charge in [0, 0.05) is 16.1 Å². The second-order valence-corrected chi connectivity index (χ2v) is 5.33. The normalized spacial score (nSPS) is 10.3. The monoisotopic (exact) mass is 344 g/mol. The molecule has 0 saturated heterocycles. The smallest absolute Gasteiger partial charge is 0.161 e. The van der Waals surface area contributed by atoms with Crippen molar-refractivity contribution in [1.29, 1.82) is 0 Å². The minimum absolute atomic E-state index is 0.134. The topological polar surface area (TPSA) is 35.5 Å². The van der Waals surface area contributed by atoms with Gasteiger partial charge in [0.2, 0.25) is 0 Å². The molecule has 0 aliphatic rings. The Morgan fingerprint density at radius 2 is 1.76 bits per heavy atom. The molecule has 0 heterocycles. The summed E-state index contributed by atoms with van der Waals surface area (Å²) in [6.07, 6.45) is 0.733. The summed E-state index contributed by atoms with van der Waals surface area (Å²) in [4.78, 5) is 10.7. The minimum atomic E-state index is 0.134.